The molecule has 0 spiro atoms. The van der Waals surface area contributed by atoms with E-state index in [0.717, 1.165) is 51.9 Å². The van der Waals surface area contributed by atoms with Crippen molar-refractivity contribution in [1.29, 1.82) is 0 Å². The number of hydrogen-bond acceptors (Lipinski definition) is 0. The number of aryl methyl sites for hydroxylation is 6. The molecule has 0 aromatic carbocycles. The monoisotopic (exact) mass is 610 g/mol. The molecule has 0 fully saturated rings. The third kappa shape index (κ3) is 8.54. The maximum Gasteiger partial charge on any atom is 0.169 e. The molecule has 0 bridgehead atoms. The van der Waals surface area contributed by atoms with Gasteiger partial charge in [-0.1, -0.05) is 0 Å². The van der Waals surface area contributed by atoms with Crippen LogP contribution in [0.15, 0.2) is 147 Å². The first-order valence-corrected chi connectivity index (χ1v) is 16.5. The molecule has 0 radical (unpaired) electrons. The fraction of sp³-hybridized carbons (Fsp3) is 0.250. The lowest BCUT2D eigenvalue weighted by atomic mass is 10.1. The van der Waals surface area contributed by atoms with Crippen molar-refractivity contribution in [2.75, 3.05) is 0 Å². The van der Waals surface area contributed by atoms with E-state index in [1.807, 2.05) is 14.1 Å². The molecule has 0 N–H and O–H groups in total. The van der Waals surface area contributed by atoms with Gasteiger partial charge >= 0.3 is 0 Å². The second-order valence-electron chi connectivity index (χ2n) is 12.2. The van der Waals surface area contributed by atoms with E-state index in [-0.39, 0.29) is 0 Å². The van der Waals surface area contributed by atoms with E-state index < -0.39 is 0 Å². The minimum Gasteiger partial charge on any atom is -0.208 e. The molecule has 6 heterocycles. The smallest absolute Gasteiger partial charge is 0.169 e. The first-order valence-electron chi connectivity index (χ1n) is 16.5. The maximum atomic E-state index is 2.29. The Bertz CT molecular complexity index is 1660. The van der Waals surface area contributed by atoms with Crippen molar-refractivity contribution in [1.82, 2.24) is 0 Å². The highest BCUT2D eigenvalue weighted by Crippen LogP contribution is 2.17. The predicted octanol–water partition coefficient (Wildman–Crippen LogP) is 4.45. The van der Waals surface area contributed by atoms with E-state index >= 15 is 0 Å². The van der Waals surface area contributed by atoms with Crippen molar-refractivity contribution in [3.63, 3.8) is 0 Å². The third-order valence-electron chi connectivity index (χ3n) is 8.69. The van der Waals surface area contributed by atoms with Crippen LogP contribution in [0.2, 0.25) is 0 Å². The van der Waals surface area contributed by atoms with Crippen LogP contribution in [0.3, 0.4) is 0 Å². The summed E-state index contributed by atoms with van der Waals surface area (Å²) < 4.78 is 13.3. The third-order valence-corrected chi connectivity index (χ3v) is 8.69. The maximum absolute atomic E-state index is 2.29. The van der Waals surface area contributed by atoms with Crippen molar-refractivity contribution in [3.05, 3.63) is 147 Å². The van der Waals surface area contributed by atoms with Crippen LogP contribution < -0.4 is 27.4 Å². The Kier molecular flexibility index (Phi) is 10.3. The van der Waals surface area contributed by atoms with Crippen LogP contribution in [-0.4, -0.2) is 0 Å². The van der Waals surface area contributed by atoms with Gasteiger partial charge in [0.05, 0.1) is 0 Å². The van der Waals surface area contributed by atoms with Crippen molar-refractivity contribution in [2.45, 2.75) is 51.9 Å². The Morgan fingerprint density at radius 2 is 0.457 bits per heavy atom. The van der Waals surface area contributed by atoms with Crippen molar-refractivity contribution in [3.8, 4) is 33.4 Å². The largest absolute Gasteiger partial charge is 0.208 e. The minimum absolute atomic E-state index is 1.03. The van der Waals surface area contributed by atoms with Crippen LogP contribution in [-0.2, 0) is 40.3 Å². The number of pyridine rings is 6. The van der Waals surface area contributed by atoms with E-state index in [1.54, 1.807) is 0 Å². The zero-order chi connectivity index (χ0) is 31.6. The topological polar surface area (TPSA) is 23.3 Å². The molecule has 6 rings (SSSR count). The summed E-state index contributed by atoms with van der Waals surface area (Å²) in [4.78, 5) is 0. The summed E-state index contributed by atoms with van der Waals surface area (Å²) in [5.41, 5.74) is 7.53. The number of unbranched alkanes of at least 4 members (excludes halogenated alkanes) is 2. The van der Waals surface area contributed by atoms with Gasteiger partial charge in [0.15, 0.2) is 74.4 Å². The minimum atomic E-state index is 1.03. The van der Waals surface area contributed by atoms with Gasteiger partial charge < -0.3 is 0 Å². The predicted molar refractivity (Wildman–Crippen MR) is 177 cm³/mol. The summed E-state index contributed by atoms with van der Waals surface area (Å²) in [6.45, 7) is 4.13. The van der Waals surface area contributed by atoms with Crippen molar-refractivity contribution >= 4 is 0 Å². The highest BCUT2D eigenvalue weighted by atomic mass is 14.9. The Balaban J connectivity index is 0.897. The Hall–Kier alpha value is -5.10. The average Bonchev–Trinajstić information content (AvgIpc) is 3.10. The molecule has 0 unspecified atom stereocenters. The molecule has 46 heavy (non-hydrogen) atoms. The molecule has 6 heteroatoms. The van der Waals surface area contributed by atoms with Gasteiger partial charge in [-0.3, -0.25) is 0 Å². The van der Waals surface area contributed by atoms with E-state index in [0.29, 0.717) is 0 Å². The molecule has 6 nitrogen and oxygen atoms in total. The van der Waals surface area contributed by atoms with Gasteiger partial charge in [0.2, 0.25) is 0 Å². The fourth-order valence-electron chi connectivity index (χ4n) is 5.76. The lowest BCUT2D eigenvalue weighted by Gasteiger charge is -2.03. The normalized spacial score (nSPS) is 11.1. The summed E-state index contributed by atoms with van der Waals surface area (Å²) >= 11 is 0. The lowest BCUT2D eigenvalue weighted by Crippen LogP contribution is -2.35. The zero-order valence-electron chi connectivity index (χ0n) is 27.2. The molecule has 0 aliphatic carbocycles. The number of nitrogens with zero attached hydrogens (tertiary/aromatic N) is 6. The van der Waals surface area contributed by atoms with E-state index in [1.165, 1.54) is 33.4 Å². The lowest BCUT2D eigenvalue weighted by molar-refractivity contribution is -0.708. The fourth-order valence-corrected chi connectivity index (χ4v) is 5.76. The summed E-state index contributed by atoms with van der Waals surface area (Å²) in [6, 6.07) is 26.4. The van der Waals surface area contributed by atoms with E-state index in [2.05, 4.69) is 175 Å². The van der Waals surface area contributed by atoms with Gasteiger partial charge in [0.25, 0.3) is 0 Å². The summed E-state index contributed by atoms with van der Waals surface area (Å²) in [7, 11) is 4.09. The molecule has 0 saturated heterocycles. The van der Waals surface area contributed by atoms with Gasteiger partial charge in [0, 0.05) is 98.5 Å². The molecular weight excluding hydrogens is 564 g/mol. The van der Waals surface area contributed by atoms with Gasteiger partial charge in [-0.05, 0) is 33.4 Å². The quantitative estimate of drug-likeness (QED) is 0.136. The second-order valence-corrected chi connectivity index (χ2v) is 12.2. The van der Waals surface area contributed by atoms with Crippen LogP contribution in [0.1, 0.15) is 25.7 Å². The first-order chi connectivity index (χ1) is 22.6. The van der Waals surface area contributed by atoms with Crippen LogP contribution in [0.25, 0.3) is 33.4 Å². The van der Waals surface area contributed by atoms with Gasteiger partial charge in [-0.2, -0.15) is 0 Å². The van der Waals surface area contributed by atoms with Crippen LogP contribution in [0.5, 0.6) is 0 Å². The van der Waals surface area contributed by atoms with E-state index in [4.69, 9.17) is 0 Å². The number of aromatic nitrogens is 6. The Morgan fingerprint density at radius 1 is 0.283 bits per heavy atom. The Labute approximate surface area is 273 Å². The highest BCUT2D eigenvalue weighted by Gasteiger charge is 2.09. The standard InChI is InChI=1S/C40H46N6/c1-41-23-7-35(8-24-41)37-11-27-43(28-12-37)19-3-5-21-45-31-15-39(16-32-45)40-17-33-46(34-18-40)22-6-4-20-44-29-13-38(14-30-44)36-9-25-42(2)26-10-36/h7-18,23-34H,3-6,19-22H2,1-2H3/q+6. The van der Waals surface area contributed by atoms with Gasteiger partial charge in [-0.15, -0.1) is 0 Å². The molecular formula is C40H46N6+6. The Morgan fingerprint density at radius 3 is 0.652 bits per heavy atom. The number of rotatable bonds is 13. The molecule has 0 aliphatic rings. The van der Waals surface area contributed by atoms with Gasteiger partial charge in [-0.25, -0.2) is 27.4 Å². The average molecular weight is 611 g/mol. The summed E-state index contributed by atoms with van der Waals surface area (Å²) in [6.07, 6.45) is 30.6. The number of hydrogen-bond donors (Lipinski definition) is 0. The molecule has 6 aromatic heterocycles. The van der Waals surface area contributed by atoms with Crippen LogP contribution in [0.4, 0.5) is 0 Å². The first kappa shape index (κ1) is 30.9. The molecule has 230 valence electrons. The van der Waals surface area contributed by atoms with Crippen molar-refractivity contribution < 1.29 is 27.4 Å². The molecule has 0 aliphatic heterocycles. The molecule has 0 atom stereocenters. The van der Waals surface area contributed by atoms with E-state index in [9.17, 15) is 0 Å². The van der Waals surface area contributed by atoms with Crippen molar-refractivity contribution in [2.24, 2.45) is 14.1 Å². The van der Waals surface area contributed by atoms with Crippen LogP contribution in [0, 0.1) is 0 Å². The summed E-state index contributed by atoms with van der Waals surface area (Å²) in [5, 5.41) is 0. The molecule has 0 amide bonds. The second kappa shape index (κ2) is 15.3. The zero-order valence-corrected chi connectivity index (χ0v) is 27.2. The molecule has 6 aromatic rings. The molecule has 0 saturated carbocycles. The highest BCUT2D eigenvalue weighted by molar-refractivity contribution is 5.62. The summed E-state index contributed by atoms with van der Waals surface area (Å²) in [5.74, 6) is 0. The SMILES string of the molecule is C[n+]1ccc(-c2cc[n+](CCCC[n+]3ccc(-c4cc[n+](CCCC[n+]5ccc(-c6cc[n+](C)cc6)cc5)cc4)cc3)cc2)cc1. The van der Waals surface area contributed by atoms with Gasteiger partial charge in [0.1, 0.15) is 40.3 Å². The van der Waals surface area contributed by atoms with Crippen LogP contribution >= 0.6 is 0 Å².